The molecule has 0 radical (unpaired) electrons. The van der Waals surface area contributed by atoms with E-state index in [9.17, 15) is 13.0 Å². The first-order valence-corrected chi connectivity index (χ1v) is 6.79. The molecule has 11 heteroatoms. The van der Waals surface area contributed by atoms with E-state index in [2.05, 4.69) is 0 Å². The molecule has 0 spiro atoms. The Morgan fingerprint density at radius 3 is 1.68 bits per heavy atom. The largest absolute Gasteiger partial charge is 1.00 e. The summed E-state index contributed by atoms with van der Waals surface area (Å²) in [6, 6.07) is 8.75. The second kappa shape index (κ2) is 10.5. The molecule has 0 atom stereocenters. The molecule has 0 saturated carbocycles. The van der Waals surface area contributed by atoms with Gasteiger partial charge in [0.05, 0.1) is 0 Å². The van der Waals surface area contributed by atoms with Crippen LogP contribution < -0.4 is 35.7 Å². The molecule has 0 aliphatic rings. The van der Waals surface area contributed by atoms with Crippen molar-refractivity contribution < 1.29 is 60.1 Å². The van der Waals surface area contributed by atoms with Crippen LogP contribution in [-0.4, -0.2) is 30.5 Å². The molecule has 0 aliphatic heterocycles. The second-order valence-corrected chi connectivity index (χ2v) is 4.75. The third-order valence-corrected chi connectivity index (χ3v) is 1.70. The Balaban J connectivity index is -0.000000320. The zero-order chi connectivity index (χ0) is 13.5. The van der Waals surface area contributed by atoms with Crippen LogP contribution in [0.2, 0.25) is 0 Å². The normalized spacial score (nSPS) is 10.7. The van der Waals surface area contributed by atoms with Gasteiger partial charge in [0, 0.05) is 5.41 Å². The van der Waals surface area contributed by atoms with E-state index in [1.165, 1.54) is 6.08 Å². The predicted octanol–water partition coefficient (Wildman–Crippen LogP) is -2.41. The average molecular weight is 321 g/mol. The molecule has 104 valence electrons. The molecule has 1 aromatic rings. The number of hydrogen-bond donors (Lipinski definition) is 2. The predicted molar refractivity (Wildman–Crippen MR) is 63.5 cm³/mol. The Morgan fingerprint density at radius 1 is 1.00 bits per heavy atom. The first kappa shape index (κ1) is 23.8. The summed E-state index contributed by atoms with van der Waals surface area (Å²) >= 11 is 0. The van der Waals surface area contributed by atoms with Crippen LogP contribution in [0.4, 0.5) is 0 Å². The van der Waals surface area contributed by atoms with Crippen molar-refractivity contribution in [3.8, 4) is 0 Å². The Hall–Kier alpha value is -0.300. The Morgan fingerprint density at radius 2 is 1.37 bits per heavy atom. The summed E-state index contributed by atoms with van der Waals surface area (Å²) in [5.41, 5.74) is 0.692. The van der Waals surface area contributed by atoms with Crippen molar-refractivity contribution in [3.05, 3.63) is 41.3 Å². The zero-order valence-electron chi connectivity index (χ0n) is 10.3. The Labute approximate surface area is 133 Å². The molecule has 19 heavy (non-hydrogen) atoms. The molecule has 0 aromatic heterocycles. The summed E-state index contributed by atoms with van der Waals surface area (Å²) in [5.74, 6) is 0. The quantitative estimate of drug-likeness (QED) is 0.346. The van der Waals surface area contributed by atoms with Gasteiger partial charge in [0.2, 0.25) is 10.4 Å². The van der Waals surface area contributed by atoms with Crippen molar-refractivity contribution in [2.75, 3.05) is 0 Å². The second-order valence-electron chi connectivity index (χ2n) is 2.63. The van der Waals surface area contributed by atoms with Crippen LogP contribution >= 0.6 is 0 Å². The van der Waals surface area contributed by atoms with Crippen molar-refractivity contribution in [1.29, 1.82) is 0 Å². The molecule has 0 fully saturated rings. The maximum absolute atomic E-state index is 10.2. The van der Waals surface area contributed by atoms with Gasteiger partial charge < -0.3 is 15.3 Å². The fourth-order valence-corrected chi connectivity index (χ4v) is 1.05. The van der Waals surface area contributed by atoms with E-state index in [1.54, 1.807) is 24.3 Å². The topological polar surface area (TPSA) is 171 Å². The Kier molecular flexibility index (Phi) is 13.1. The third kappa shape index (κ3) is 23.2. The molecular weight excluding hydrogens is 309 g/mol. The van der Waals surface area contributed by atoms with Crippen molar-refractivity contribution in [2.24, 2.45) is 0 Å². The van der Waals surface area contributed by atoms with Gasteiger partial charge in [-0.15, -0.1) is 0 Å². The minimum absolute atomic E-state index is 0. The maximum atomic E-state index is 10.2. The van der Waals surface area contributed by atoms with E-state index in [0.29, 0.717) is 11.0 Å². The van der Waals surface area contributed by atoms with Gasteiger partial charge in [-0.1, -0.05) is 30.3 Å². The SMILES string of the molecule is O=S(=O)([O-])C=Cc1ccccc1.O=S(=O)([O-])O.[NH4+].[Na+]. The van der Waals surface area contributed by atoms with Crippen LogP contribution in [0.5, 0.6) is 0 Å². The summed E-state index contributed by atoms with van der Waals surface area (Å²) in [4.78, 5) is 0. The van der Waals surface area contributed by atoms with Crippen molar-refractivity contribution in [2.45, 2.75) is 0 Å². The molecule has 0 amide bonds. The van der Waals surface area contributed by atoms with Crippen LogP contribution in [0.15, 0.2) is 35.7 Å². The molecule has 5 N–H and O–H groups in total. The van der Waals surface area contributed by atoms with Crippen LogP contribution in [0.1, 0.15) is 5.56 Å². The van der Waals surface area contributed by atoms with Gasteiger partial charge in [-0.2, -0.15) is 0 Å². The molecule has 0 heterocycles. The molecule has 0 saturated heterocycles. The zero-order valence-corrected chi connectivity index (χ0v) is 13.9. The molecule has 0 unspecified atom stereocenters. The number of benzene rings is 1. The number of quaternary nitrogens is 1. The first-order chi connectivity index (χ1) is 7.58. The van der Waals surface area contributed by atoms with E-state index in [1.807, 2.05) is 6.07 Å². The van der Waals surface area contributed by atoms with E-state index in [4.69, 9.17) is 17.5 Å². The number of rotatable bonds is 2. The van der Waals surface area contributed by atoms with Gasteiger partial charge in [-0.05, 0) is 11.6 Å². The van der Waals surface area contributed by atoms with Gasteiger partial charge in [-0.25, -0.2) is 16.8 Å². The van der Waals surface area contributed by atoms with E-state index >= 15 is 0 Å². The fourth-order valence-electron chi connectivity index (χ4n) is 0.726. The van der Waals surface area contributed by atoms with Crippen LogP contribution in [0, 0.1) is 0 Å². The average Bonchev–Trinajstić information content (AvgIpc) is 2.13. The molecule has 1 aromatic carbocycles. The van der Waals surface area contributed by atoms with Crippen molar-refractivity contribution >= 4 is 26.6 Å². The van der Waals surface area contributed by atoms with Gasteiger partial charge in [0.15, 0.2) is 0 Å². The molecule has 8 nitrogen and oxygen atoms in total. The van der Waals surface area contributed by atoms with E-state index in [0.717, 1.165) is 0 Å². The minimum atomic E-state index is -4.92. The fraction of sp³-hybridized carbons (Fsp3) is 0. The van der Waals surface area contributed by atoms with E-state index < -0.39 is 20.5 Å². The van der Waals surface area contributed by atoms with Crippen LogP contribution in [0.3, 0.4) is 0 Å². The molecule has 1 rings (SSSR count). The Bertz CT molecular complexity index is 560. The summed E-state index contributed by atoms with van der Waals surface area (Å²) in [5, 5.41) is 0.641. The molecule has 0 bridgehead atoms. The third-order valence-electron chi connectivity index (χ3n) is 1.23. The maximum Gasteiger partial charge on any atom is 1.00 e. The van der Waals surface area contributed by atoms with Gasteiger partial charge in [-0.3, -0.25) is 4.55 Å². The summed E-state index contributed by atoms with van der Waals surface area (Å²) < 4.78 is 63.3. The van der Waals surface area contributed by atoms with E-state index in [-0.39, 0.29) is 35.7 Å². The van der Waals surface area contributed by atoms with Gasteiger partial charge in [0.1, 0.15) is 10.1 Å². The molecular formula is C8H12NNaO7S2. The van der Waals surface area contributed by atoms with Crippen molar-refractivity contribution in [3.63, 3.8) is 0 Å². The smallest absolute Gasteiger partial charge is 0.744 e. The van der Waals surface area contributed by atoms with Crippen LogP contribution in [-0.2, 0) is 20.5 Å². The number of hydrogen-bond acceptors (Lipinski definition) is 6. The van der Waals surface area contributed by atoms with Crippen molar-refractivity contribution in [1.82, 2.24) is 6.15 Å². The standard InChI is InChI=1S/C8H8O3S.H3N.Na.H2O4S/c9-12(10,11)7-6-8-4-2-1-3-5-8;;;1-5(2,3)4/h1-7H,(H,9,10,11);1H3;;(H2,1,2,3,4)/q;;+1;/p-1. The minimum Gasteiger partial charge on any atom is -0.744 e. The summed E-state index contributed by atoms with van der Waals surface area (Å²) in [6.07, 6.45) is 1.27. The van der Waals surface area contributed by atoms with Gasteiger partial charge in [0.25, 0.3) is 0 Å². The summed E-state index contributed by atoms with van der Waals surface area (Å²) in [7, 11) is -9.17. The first-order valence-electron chi connectivity index (χ1n) is 3.95. The van der Waals surface area contributed by atoms with Crippen LogP contribution in [0.25, 0.3) is 6.08 Å². The van der Waals surface area contributed by atoms with Gasteiger partial charge >= 0.3 is 29.6 Å². The summed E-state index contributed by atoms with van der Waals surface area (Å²) in [6.45, 7) is 0. The monoisotopic (exact) mass is 321 g/mol. The molecule has 0 aliphatic carbocycles.